The predicted molar refractivity (Wildman–Crippen MR) is 159 cm³/mol. The molecule has 6 nitrogen and oxygen atoms in total. The maximum atomic E-state index is 14.2. The summed E-state index contributed by atoms with van der Waals surface area (Å²) in [4.78, 5) is 44.6. The molecule has 4 aromatic rings. The van der Waals surface area contributed by atoms with Gasteiger partial charge in [-0.05, 0) is 47.6 Å². The molecule has 5 rings (SSSR count). The quantitative estimate of drug-likeness (QED) is 0.253. The predicted octanol–water partition coefficient (Wildman–Crippen LogP) is 5.66. The van der Waals surface area contributed by atoms with Gasteiger partial charge in [0.2, 0.25) is 11.8 Å². The number of carbonyl (C=O) groups excluding carboxylic acids is 3. The van der Waals surface area contributed by atoms with Crippen LogP contribution in [0.3, 0.4) is 0 Å². The molecular weight excluding hydrogens is 498 g/mol. The molecular formula is C34H35N3O3. The van der Waals surface area contributed by atoms with Crippen LogP contribution in [-0.4, -0.2) is 41.8 Å². The van der Waals surface area contributed by atoms with E-state index < -0.39 is 6.04 Å². The highest BCUT2D eigenvalue weighted by Gasteiger charge is 2.35. The molecule has 0 radical (unpaired) electrons. The standard InChI is InChI=1S/C34H35N3O3/c1-3-4-20-35-33(39)30(21-25-13-6-5-7-14-25)36(22-27-15-9-8-12-24(27)2)31(38)23-37-29-19-11-17-26-16-10-18-28(32(26)29)34(37)40/h5-19,30H,3-4,20-23H2,1-2H3,(H,35,39)/t30-/m1/s1. The Morgan fingerprint density at radius 1 is 0.900 bits per heavy atom. The number of benzene rings is 4. The molecule has 0 spiro atoms. The fourth-order valence-electron chi connectivity index (χ4n) is 5.39. The number of nitrogens with one attached hydrogen (secondary N) is 1. The Bertz CT molecular complexity index is 1530. The number of hydrogen-bond donors (Lipinski definition) is 1. The fourth-order valence-corrected chi connectivity index (χ4v) is 5.39. The number of rotatable bonds is 11. The van der Waals surface area contributed by atoms with E-state index in [4.69, 9.17) is 0 Å². The lowest BCUT2D eigenvalue weighted by molar-refractivity contribution is -0.140. The summed E-state index contributed by atoms with van der Waals surface area (Å²) in [5.41, 5.74) is 4.31. The van der Waals surface area contributed by atoms with Crippen molar-refractivity contribution in [2.24, 2.45) is 0 Å². The fraction of sp³-hybridized carbons (Fsp3) is 0.265. The number of nitrogens with zero attached hydrogens (tertiary/aromatic N) is 2. The lowest BCUT2D eigenvalue weighted by atomic mass is 10.0. The van der Waals surface area contributed by atoms with E-state index in [9.17, 15) is 14.4 Å². The van der Waals surface area contributed by atoms with Crippen LogP contribution in [0.4, 0.5) is 5.69 Å². The van der Waals surface area contributed by atoms with Crippen molar-refractivity contribution in [2.75, 3.05) is 18.0 Å². The van der Waals surface area contributed by atoms with Crippen molar-refractivity contribution in [1.29, 1.82) is 0 Å². The van der Waals surface area contributed by atoms with Crippen molar-refractivity contribution in [3.05, 3.63) is 113 Å². The molecule has 0 fully saturated rings. The first-order valence-electron chi connectivity index (χ1n) is 14.0. The molecule has 40 heavy (non-hydrogen) atoms. The monoisotopic (exact) mass is 533 g/mol. The van der Waals surface area contributed by atoms with Crippen molar-refractivity contribution < 1.29 is 14.4 Å². The second kappa shape index (κ2) is 12.2. The zero-order chi connectivity index (χ0) is 28.1. The molecule has 0 unspecified atom stereocenters. The van der Waals surface area contributed by atoms with E-state index in [0.717, 1.165) is 46.0 Å². The van der Waals surface area contributed by atoms with Gasteiger partial charge >= 0.3 is 0 Å². The third-order valence-electron chi connectivity index (χ3n) is 7.65. The molecule has 0 saturated heterocycles. The maximum Gasteiger partial charge on any atom is 0.259 e. The summed E-state index contributed by atoms with van der Waals surface area (Å²) < 4.78 is 0. The third-order valence-corrected chi connectivity index (χ3v) is 7.65. The number of hydrogen-bond acceptors (Lipinski definition) is 3. The van der Waals surface area contributed by atoms with Crippen LogP contribution in [-0.2, 0) is 22.6 Å². The minimum atomic E-state index is -0.734. The van der Waals surface area contributed by atoms with E-state index in [2.05, 4.69) is 12.2 Å². The Hall–Kier alpha value is -4.45. The second-order valence-corrected chi connectivity index (χ2v) is 10.4. The van der Waals surface area contributed by atoms with Crippen LogP contribution < -0.4 is 10.2 Å². The molecule has 6 heteroatoms. The van der Waals surface area contributed by atoms with E-state index >= 15 is 0 Å². The highest BCUT2D eigenvalue weighted by Crippen LogP contribution is 2.37. The van der Waals surface area contributed by atoms with E-state index in [0.29, 0.717) is 18.5 Å². The van der Waals surface area contributed by atoms with Gasteiger partial charge in [0.25, 0.3) is 5.91 Å². The average Bonchev–Trinajstić information content (AvgIpc) is 3.24. The highest BCUT2D eigenvalue weighted by molar-refractivity contribution is 6.26. The van der Waals surface area contributed by atoms with Crippen LogP contribution in [0.1, 0.15) is 46.8 Å². The molecule has 0 bridgehead atoms. The summed E-state index contributed by atoms with van der Waals surface area (Å²) in [7, 11) is 0. The summed E-state index contributed by atoms with van der Waals surface area (Å²) in [5, 5.41) is 4.89. The van der Waals surface area contributed by atoms with Gasteiger partial charge in [0.15, 0.2) is 0 Å². The maximum absolute atomic E-state index is 14.2. The van der Waals surface area contributed by atoms with E-state index in [1.54, 1.807) is 9.80 Å². The summed E-state index contributed by atoms with van der Waals surface area (Å²) in [5.74, 6) is -0.645. The first-order valence-corrected chi connectivity index (χ1v) is 14.0. The van der Waals surface area contributed by atoms with Crippen LogP contribution in [0.2, 0.25) is 0 Å². The molecule has 0 aliphatic carbocycles. The van der Waals surface area contributed by atoms with Crippen molar-refractivity contribution in [3.8, 4) is 0 Å². The Morgan fingerprint density at radius 2 is 1.62 bits per heavy atom. The number of unbranched alkanes of at least 4 members (excludes halogenated alkanes) is 1. The van der Waals surface area contributed by atoms with Crippen molar-refractivity contribution in [3.63, 3.8) is 0 Å². The topological polar surface area (TPSA) is 69.7 Å². The molecule has 204 valence electrons. The van der Waals surface area contributed by atoms with Crippen molar-refractivity contribution in [2.45, 2.75) is 45.7 Å². The van der Waals surface area contributed by atoms with Crippen molar-refractivity contribution >= 4 is 34.2 Å². The minimum absolute atomic E-state index is 0.147. The third kappa shape index (κ3) is 5.62. The van der Waals surface area contributed by atoms with Crippen molar-refractivity contribution in [1.82, 2.24) is 10.2 Å². The molecule has 0 aromatic heterocycles. The summed E-state index contributed by atoms with van der Waals surface area (Å²) in [6, 6.07) is 28.4. The average molecular weight is 534 g/mol. The van der Waals surface area contributed by atoms with Gasteiger partial charge in [-0.2, -0.15) is 0 Å². The zero-order valence-electron chi connectivity index (χ0n) is 23.1. The summed E-state index contributed by atoms with van der Waals surface area (Å²) in [6.07, 6.45) is 2.19. The lowest BCUT2D eigenvalue weighted by Crippen LogP contribution is -2.53. The highest BCUT2D eigenvalue weighted by atomic mass is 16.2. The molecule has 0 saturated carbocycles. The van der Waals surface area contributed by atoms with Gasteiger partial charge in [-0.3, -0.25) is 19.3 Å². The molecule has 1 atom stereocenters. The van der Waals surface area contributed by atoms with E-state index in [-0.39, 0.29) is 30.8 Å². The minimum Gasteiger partial charge on any atom is -0.354 e. The summed E-state index contributed by atoms with van der Waals surface area (Å²) >= 11 is 0. The van der Waals surface area contributed by atoms with E-state index in [1.165, 1.54) is 0 Å². The second-order valence-electron chi connectivity index (χ2n) is 10.4. The Morgan fingerprint density at radius 3 is 2.38 bits per heavy atom. The van der Waals surface area contributed by atoms with Gasteiger partial charge in [-0.25, -0.2) is 0 Å². The molecule has 1 N–H and O–H groups in total. The SMILES string of the molecule is CCCCNC(=O)[C@@H](Cc1ccccc1)N(Cc1ccccc1C)C(=O)CN1C(=O)c2cccc3cccc1c23. The van der Waals surface area contributed by atoms with Gasteiger partial charge in [0, 0.05) is 30.5 Å². The van der Waals surface area contributed by atoms with Gasteiger partial charge in [-0.1, -0.05) is 92.2 Å². The first-order chi connectivity index (χ1) is 19.5. The van der Waals surface area contributed by atoms with Crippen LogP contribution in [0.5, 0.6) is 0 Å². The molecule has 1 heterocycles. The van der Waals surface area contributed by atoms with Gasteiger partial charge in [0.1, 0.15) is 12.6 Å². The number of amides is 3. The van der Waals surface area contributed by atoms with E-state index in [1.807, 2.05) is 97.9 Å². The Kier molecular flexibility index (Phi) is 8.25. The van der Waals surface area contributed by atoms with Crippen LogP contribution in [0.15, 0.2) is 91.0 Å². The molecule has 1 aliphatic heterocycles. The number of anilines is 1. The first kappa shape index (κ1) is 27.1. The molecule has 1 aliphatic rings. The van der Waals surface area contributed by atoms with Crippen LogP contribution in [0, 0.1) is 6.92 Å². The number of carbonyl (C=O) groups is 3. The molecule has 3 amide bonds. The van der Waals surface area contributed by atoms with Gasteiger partial charge < -0.3 is 10.2 Å². The summed E-state index contributed by atoms with van der Waals surface area (Å²) in [6.45, 7) is 4.75. The Balaban J connectivity index is 1.50. The Labute approximate surface area is 235 Å². The normalized spacial score (nSPS) is 12.9. The zero-order valence-corrected chi connectivity index (χ0v) is 23.1. The van der Waals surface area contributed by atoms with Crippen LogP contribution in [0.25, 0.3) is 10.8 Å². The smallest absolute Gasteiger partial charge is 0.259 e. The lowest BCUT2D eigenvalue weighted by Gasteiger charge is -2.33. The van der Waals surface area contributed by atoms with Gasteiger partial charge in [-0.15, -0.1) is 0 Å². The molecule has 4 aromatic carbocycles. The van der Waals surface area contributed by atoms with Crippen LogP contribution >= 0.6 is 0 Å². The van der Waals surface area contributed by atoms with Gasteiger partial charge in [0.05, 0.1) is 5.69 Å². The largest absolute Gasteiger partial charge is 0.354 e. The number of aryl methyl sites for hydroxylation is 1.